The number of esters is 1. The molecular formula is C24H16INO7. The fourth-order valence-electron chi connectivity index (χ4n) is 4.36. The number of hydrogen-bond acceptors (Lipinski definition) is 6. The molecule has 0 radical (unpaired) electrons. The van der Waals surface area contributed by atoms with Crippen LogP contribution in [0.1, 0.15) is 47.8 Å². The summed E-state index contributed by atoms with van der Waals surface area (Å²) in [4.78, 5) is 38.6. The Morgan fingerprint density at radius 1 is 0.879 bits per heavy atom. The van der Waals surface area contributed by atoms with Crippen LogP contribution in [0, 0.1) is 3.57 Å². The van der Waals surface area contributed by atoms with Crippen molar-refractivity contribution < 1.29 is 34.1 Å². The number of anilines is 1. The standard InChI is InChI=1S/C24H16INO7/c1-26(2)12-4-6-17-20(8-12)32-19-7-11(25)3-5-16(19)24(17)18-10-14(22(29)30)13(21(27)28)9-15(18)23(31)33-24/h3-10H,1-2H3,(H,27,28)(H,29,30). The first-order chi connectivity index (χ1) is 15.6. The van der Waals surface area contributed by atoms with Gasteiger partial charge in [0.25, 0.3) is 0 Å². The number of carbonyl (C=O) groups is 3. The second-order valence-electron chi connectivity index (χ2n) is 7.94. The van der Waals surface area contributed by atoms with Gasteiger partial charge in [-0.15, -0.1) is 0 Å². The van der Waals surface area contributed by atoms with E-state index in [-0.39, 0.29) is 11.1 Å². The first kappa shape index (κ1) is 21.3. The number of nitrogens with zero attached hydrogens (tertiary/aromatic N) is 1. The molecule has 2 aliphatic heterocycles. The molecule has 166 valence electrons. The topological polar surface area (TPSA) is 113 Å². The Labute approximate surface area is 201 Å². The van der Waals surface area contributed by atoms with Gasteiger partial charge in [-0.1, -0.05) is 0 Å². The maximum atomic E-state index is 13.0. The molecule has 0 saturated carbocycles. The average Bonchev–Trinajstić information content (AvgIpc) is 3.04. The van der Waals surface area contributed by atoms with Crippen molar-refractivity contribution in [3.63, 3.8) is 0 Å². The van der Waals surface area contributed by atoms with Gasteiger partial charge < -0.3 is 24.6 Å². The zero-order valence-corrected chi connectivity index (χ0v) is 19.5. The van der Waals surface area contributed by atoms with Crippen LogP contribution in [-0.2, 0) is 10.3 Å². The third kappa shape index (κ3) is 2.99. The number of rotatable bonds is 3. The molecule has 2 aliphatic rings. The number of ether oxygens (including phenoxy) is 2. The van der Waals surface area contributed by atoms with Gasteiger partial charge in [-0.2, -0.15) is 0 Å². The Balaban J connectivity index is 1.89. The van der Waals surface area contributed by atoms with Crippen molar-refractivity contribution in [2.75, 3.05) is 19.0 Å². The smallest absolute Gasteiger partial charge is 0.340 e. The molecule has 2 N–H and O–H groups in total. The van der Waals surface area contributed by atoms with Crippen LogP contribution in [0.25, 0.3) is 0 Å². The van der Waals surface area contributed by atoms with Gasteiger partial charge in [0.05, 0.1) is 16.7 Å². The number of carbonyl (C=O) groups excluding carboxylic acids is 1. The molecule has 0 aromatic heterocycles. The van der Waals surface area contributed by atoms with Crippen molar-refractivity contribution in [1.29, 1.82) is 0 Å². The second kappa shape index (κ2) is 7.20. The van der Waals surface area contributed by atoms with Crippen LogP contribution in [0.15, 0.2) is 48.5 Å². The van der Waals surface area contributed by atoms with E-state index in [4.69, 9.17) is 9.47 Å². The van der Waals surface area contributed by atoms with E-state index >= 15 is 0 Å². The summed E-state index contributed by atoms with van der Waals surface area (Å²) >= 11 is 2.15. The molecule has 8 nitrogen and oxygen atoms in total. The molecule has 0 bridgehead atoms. The lowest BCUT2D eigenvalue weighted by atomic mass is 9.76. The zero-order valence-electron chi connectivity index (χ0n) is 17.4. The number of hydrogen-bond donors (Lipinski definition) is 2. The molecular weight excluding hydrogens is 541 g/mol. The molecule has 0 saturated heterocycles. The van der Waals surface area contributed by atoms with Crippen LogP contribution in [0.3, 0.4) is 0 Å². The van der Waals surface area contributed by atoms with Crippen LogP contribution in [0.5, 0.6) is 11.5 Å². The summed E-state index contributed by atoms with van der Waals surface area (Å²) in [6, 6.07) is 13.1. The normalized spacial score (nSPS) is 17.5. The first-order valence-corrected chi connectivity index (χ1v) is 10.9. The van der Waals surface area contributed by atoms with Gasteiger partial charge in [-0.05, 0) is 65.1 Å². The quantitative estimate of drug-likeness (QED) is 0.362. The van der Waals surface area contributed by atoms with Crippen molar-refractivity contribution in [1.82, 2.24) is 0 Å². The van der Waals surface area contributed by atoms with Crippen molar-refractivity contribution >= 4 is 46.2 Å². The number of halogens is 1. The summed E-state index contributed by atoms with van der Waals surface area (Å²) in [5.74, 6) is -2.68. The van der Waals surface area contributed by atoms with Crippen molar-refractivity contribution in [2.45, 2.75) is 5.60 Å². The fraction of sp³-hybridized carbons (Fsp3) is 0.125. The molecule has 1 spiro atoms. The van der Waals surface area contributed by atoms with E-state index in [1.165, 1.54) is 6.07 Å². The number of benzene rings is 3. The maximum Gasteiger partial charge on any atom is 0.340 e. The fourth-order valence-corrected chi connectivity index (χ4v) is 4.82. The van der Waals surface area contributed by atoms with Gasteiger partial charge in [-0.3, -0.25) is 0 Å². The van der Waals surface area contributed by atoms with Crippen LogP contribution < -0.4 is 9.64 Å². The van der Waals surface area contributed by atoms with Crippen LogP contribution in [-0.4, -0.2) is 42.2 Å². The number of carboxylic acid groups (broad SMARTS) is 2. The van der Waals surface area contributed by atoms with E-state index < -0.39 is 34.6 Å². The predicted molar refractivity (Wildman–Crippen MR) is 126 cm³/mol. The largest absolute Gasteiger partial charge is 0.478 e. The van der Waals surface area contributed by atoms with Crippen molar-refractivity contribution in [3.8, 4) is 11.5 Å². The number of fused-ring (bicyclic) bond motifs is 6. The molecule has 3 aromatic carbocycles. The highest BCUT2D eigenvalue weighted by molar-refractivity contribution is 14.1. The van der Waals surface area contributed by atoms with Crippen LogP contribution in [0.4, 0.5) is 5.69 Å². The molecule has 33 heavy (non-hydrogen) atoms. The lowest BCUT2D eigenvalue weighted by molar-refractivity contribution is 0.0224. The molecule has 1 unspecified atom stereocenters. The zero-order chi connectivity index (χ0) is 23.7. The monoisotopic (exact) mass is 557 g/mol. The van der Waals surface area contributed by atoms with Crippen molar-refractivity contribution in [3.05, 3.63) is 85.5 Å². The molecule has 1 atom stereocenters. The minimum atomic E-state index is -1.48. The molecule has 9 heteroatoms. The molecule has 5 rings (SSSR count). The summed E-state index contributed by atoms with van der Waals surface area (Å²) in [6.45, 7) is 0. The van der Waals surface area contributed by atoms with E-state index in [0.717, 1.165) is 15.3 Å². The van der Waals surface area contributed by atoms with Gasteiger partial charge in [0.15, 0.2) is 5.60 Å². The van der Waals surface area contributed by atoms with E-state index in [2.05, 4.69) is 22.6 Å². The average molecular weight is 557 g/mol. The van der Waals surface area contributed by atoms with Crippen LogP contribution in [0.2, 0.25) is 0 Å². The number of aromatic carboxylic acids is 2. The summed E-state index contributed by atoms with van der Waals surface area (Å²) in [5.41, 5.74) is -0.211. The SMILES string of the molecule is CN(C)c1ccc2c(c1)Oc1cc(I)ccc1C21OC(=O)c2cc(C(=O)O)c(C(=O)O)cc21. The summed E-state index contributed by atoms with van der Waals surface area (Å²) in [5, 5.41) is 19.2. The van der Waals surface area contributed by atoms with E-state index in [1.54, 1.807) is 18.2 Å². The Morgan fingerprint density at radius 2 is 1.48 bits per heavy atom. The highest BCUT2D eigenvalue weighted by Crippen LogP contribution is 2.57. The van der Waals surface area contributed by atoms with Gasteiger partial charge in [0.1, 0.15) is 11.5 Å². The Bertz CT molecular complexity index is 1400. The molecule has 3 aromatic rings. The minimum absolute atomic E-state index is 0.00596. The Morgan fingerprint density at radius 3 is 2.12 bits per heavy atom. The lowest BCUT2D eigenvalue weighted by Crippen LogP contribution is -2.33. The molecule has 0 amide bonds. The molecule has 2 heterocycles. The van der Waals surface area contributed by atoms with Gasteiger partial charge in [0, 0.05) is 46.1 Å². The summed E-state index contributed by atoms with van der Waals surface area (Å²) < 4.78 is 13.1. The Kier molecular flexibility index (Phi) is 4.64. The van der Waals surface area contributed by atoms with Gasteiger partial charge >= 0.3 is 17.9 Å². The Hall–Kier alpha value is -3.60. The predicted octanol–water partition coefficient (Wildman–Crippen LogP) is 4.32. The molecule has 0 fully saturated rings. The minimum Gasteiger partial charge on any atom is -0.478 e. The second-order valence-corrected chi connectivity index (χ2v) is 9.19. The summed E-state index contributed by atoms with van der Waals surface area (Å²) in [7, 11) is 3.77. The third-order valence-electron chi connectivity index (χ3n) is 5.87. The van der Waals surface area contributed by atoms with Gasteiger partial charge in [0.2, 0.25) is 0 Å². The highest BCUT2D eigenvalue weighted by Gasteiger charge is 2.54. The van der Waals surface area contributed by atoms with E-state index in [0.29, 0.717) is 22.6 Å². The third-order valence-corrected chi connectivity index (χ3v) is 6.54. The van der Waals surface area contributed by atoms with E-state index in [1.807, 2.05) is 37.2 Å². The first-order valence-electron chi connectivity index (χ1n) is 9.81. The molecule has 0 aliphatic carbocycles. The van der Waals surface area contributed by atoms with E-state index in [9.17, 15) is 24.6 Å². The maximum absolute atomic E-state index is 13.0. The number of carboxylic acids is 2. The highest BCUT2D eigenvalue weighted by atomic mass is 127. The summed E-state index contributed by atoms with van der Waals surface area (Å²) in [6.07, 6.45) is 0. The van der Waals surface area contributed by atoms with Crippen molar-refractivity contribution in [2.24, 2.45) is 0 Å². The lowest BCUT2D eigenvalue weighted by Gasteiger charge is -2.37. The van der Waals surface area contributed by atoms with Crippen LogP contribution >= 0.6 is 22.6 Å². The van der Waals surface area contributed by atoms with Gasteiger partial charge in [-0.25, -0.2) is 14.4 Å².